The Hall–Kier alpha value is -0.980. The maximum absolute atomic E-state index is 13.5. The van der Waals surface area contributed by atoms with Crippen LogP contribution in [0.2, 0.25) is 0 Å². The van der Waals surface area contributed by atoms with Gasteiger partial charge in [-0.1, -0.05) is 17.7 Å². The summed E-state index contributed by atoms with van der Waals surface area (Å²) >= 11 is 0. The van der Waals surface area contributed by atoms with E-state index in [4.69, 9.17) is 0 Å². The Morgan fingerprint density at radius 3 is 2.41 bits per heavy atom. The number of halogens is 1. The zero-order valence-corrected chi connectivity index (χ0v) is 10.2. The fraction of sp³-hybridized carbons (Fsp3) is 0.455. The van der Waals surface area contributed by atoms with Crippen LogP contribution in [0.15, 0.2) is 29.2 Å². The van der Waals surface area contributed by atoms with Crippen LogP contribution in [0.25, 0.3) is 0 Å². The van der Waals surface area contributed by atoms with Crippen molar-refractivity contribution in [3.63, 3.8) is 0 Å². The number of benzene rings is 1. The average Bonchev–Trinajstić information content (AvgIpc) is 2.24. The minimum absolute atomic E-state index is 0.0342. The van der Waals surface area contributed by atoms with Gasteiger partial charge in [0.25, 0.3) is 10.1 Å². The first-order valence-electron chi connectivity index (χ1n) is 5.14. The lowest BCUT2D eigenvalue weighted by Gasteiger charge is -2.32. The van der Waals surface area contributed by atoms with Crippen LogP contribution in [0.3, 0.4) is 0 Å². The van der Waals surface area contributed by atoms with Gasteiger partial charge < -0.3 is 4.74 Å². The normalized spacial score (nSPS) is 18.7. The molecule has 0 spiro atoms. The first-order valence-corrected chi connectivity index (χ1v) is 6.55. The van der Waals surface area contributed by atoms with E-state index in [-0.39, 0.29) is 18.1 Å². The van der Waals surface area contributed by atoms with Crippen LogP contribution in [-0.4, -0.2) is 33.9 Å². The predicted molar refractivity (Wildman–Crippen MR) is 59.0 cm³/mol. The largest absolute Gasteiger partial charge is 0.374 e. The standard InChI is InChI=1S/C11H13FO4S/c1-9-2-4-10(5-3-9)17(13,14)16-8-11(12)6-15-7-11/h2-5H,6-8H2,1H3. The van der Waals surface area contributed by atoms with Crippen molar-refractivity contribution in [3.05, 3.63) is 29.8 Å². The molecule has 1 heterocycles. The summed E-state index contributed by atoms with van der Waals surface area (Å²) in [6.07, 6.45) is 0. The molecule has 1 fully saturated rings. The Morgan fingerprint density at radius 2 is 1.94 bits per heavy atom. The molecule has 0 radical (unpaired) electrons. The topological polar surface area (TPSA) is 52.6 Å². The molecule has 94 valence electrons. The lowest BCUT2D eigenvalue weighted by molar-refractivity contribution is -0.145. The van der Waals surface area contributed by atoms with E-state index in [2.05, 4.69) is 8.92 Å². The minimum atomic E-state index is -3.88. The number of rotatable bonds is 4. The van der Waals surface area contributed by atoms with E-state index in [1.54, 1.807) is 12.1 Å². The summed E-state index contributed by atoms with van der Waals surface area (Å²) in [6, 6.07) is 6.20. The van der Waals surface area contributed by atoms with Gasteiger partial charge in [0.2, 0.25) is 0 Å². The lowest BCUT2D eigenvalue weighted by Crippen LogP contribution is -2.49. The van der Waals surface area contributed by atoms with Crippen molar-refractivity contribution in [1.82, 2.24) is 0 Å². The molecular formula is C11H13FO4S. The van der Waals surface area contributed by atoms with Gasteiger partial charge in [-0.2, -0.15) is 8.42 Å². The Labute approximate surface area is 99.5 Å². The second-order valence-electron chi connectivity index (χ2n) is 4.17. The summed E-state index contributed by atoms with van der Waals surface area (Å²) < 4.78 is 46.3. The smallest absolute Gasteiger partial charge is 0.297 e. The fourth-order valence-corrected chi connectivity index (χ4v) is 2.33. The molecule has 4 nitrogen and oxygen atoms in total. The van der Waals surface area contributed by atoms with Crippen molar-refractivity contribution < 1.29 is 21.7 Å². The van der Waals surface area contributed by atoms with Crippen LogP contribution in [-0.2, 0) is 19.0 Å². The highest BCUT2D eigenvalue weighted by molar-refractivity contribution is 7.86. The van der Waals surface area contributed by atoms with Crippen LogP contribution in [0.5, 0.6) is 0 Å². The number of alkyl halides is 1. The highest BCUT2D eigenvalue weighted by Crippen LogP contribution is 2.24. The first kappa shape index (κ1) is 12.5. The molecule has 0 saturated carbocycles. The molecule has 1 aliphatic rings. The van der Waals surface area contributed by atoms with Gasteiger partial charge in [0.1, 0.15) is 6.61 Å². The molecule has 1 aliphatic heterocycles. The van der Waals surface area contributed by atoms with Gasteiger partial charge in [-0.15, -0.1) is 0 Å². The van der Waals surface area contributed by atoms with E-state index >= 15 is 0 Å². The Morgan fingerprint density at radius 1 is 1.35 bits per heavy atom. The van der Waals surface area contributed by atoms with E-state index < -0.39 is 22.4 Å². The molecule has 17 heavy (non-hydrogen) atoms. The zero-order valence-electron chi connectivity index (χ0n) is 9.35. The van der Waals surface area contributed by atoms with E-state index in [1.165, 1.54) is 12.1 Å². The third-order valence-electron chi connectivity index (χ3n) is 2.50. The molecule has 0 aliphatic carbocycles. The van der Waals surface area contributed by atoms with Crippen molar-refractivity contribution in [2.45, 2.75) is 17.5 Å². The predicted octanol–water partition coefficient (Wildman–Crippen LogP) is 1.44. The van der Waals surface area contributed by atoms with Gasteiger partial charge in [0.15, 0.2) is 5.67 Å². The van der Waals surface area contributed by atoms with Gasteiger partial charge in [0, 0.05) is 0 Å². The van der Waals surface area contributed by atoms with Crippen molar-refractivity contribution in [1.29, 1.82) is 0 Å². The van der Waals surface area contributed by atoms with Crippen LogP contribution >= 0.6 is 0 Å². The van der Waals surface area contributed by atoms with Gasteiger partial charge in [0.05, 0.1) is 18.1 Å². The maximum atomic E-state index is 13.5. The molecule has 6 heteroatoms. The van der Waals surface area contributed by atoms with E-state index in [0.717, 1.165) is 5.56 Å². The third-order valence-corrected chi connectivity index (χ3v) is 3.78. The van der Waals surface area contributed by atoms with E-state index in [9.17, 15) is 12.8 Å². The quantitative estimate of drug-likeness (QED) is 0.769. The van der Waals surface area contributed by atoms with Crippen LogP contribution < -0.4 is 0 Å². The molecule has 1 aromatic rings. The summed E-state index contributed by atoms with van der Waals surface area (Å²) in [6.45, 7) is 1.12. The van der Waals surface area contributed by atoms with Gasteiger partial charge in [-0.25, -0.2) is 4.39 Å². The Balaban J connectivity index is 2.06. The molecule has 1 saturated heterocycles. The monoisotopic (exact) mass is 260 g/mol. The Bertz CT molecular complexity index is 491. The fourth-order valence-electron chi connectivity index (χ4n) is 1.36. The molecule has 0 amide bonds. The van der Waals surface area contributed by atoms with Crippen LogP contribution in [0, 0.1) is 6.92 Å². The Kier molecular flexibility index (Phi) is 3.20. The molecule has 0 bridgehead atoms. The van der Waals surface area contributed by atoms with Gasteiger partial charge >= 0.3 is 0 Å². The van der Waals surface area contributed by atoms with Gasteiger partial charge in [-0.3, -0.25) is 4.18 Å². The highest BCUT2D eigenvalue weighted by atomic mass is 32.2. The van der Waals surface area contributed by atoms with Crippen LogP contribution in [0.4, 0.5) is 4.39 Å². The first-order chi connectivity index (χ1) is 7.91. The molecule has 0 unspecified atom stereocenters. The molecule has 2 rings (SSSR count). The zero-order chi connectivity index (χ0) is 12.5. The molecule has 0 N–H and O–H groups in total. The molecule has 1 aromatic carbocycles. The number of ether oxygens (including phenoxy) is 1. The van der Waals surface area contributed by atoms with E-state index in [0.29, 0.717) is 0 Å². The molecular weight excluding hydrogens is 247 g/mol. The molecule has 0 aromatic heterocycles. The lowest BCUT2D eigenvalue weighted by atomic mass is 10.1. The summed E-state index contributed by atoms with van der Waals surface area (Å²) in [5.41, 5.74) is -0.726. The number of hydrogen-bond acceptors (Lipinski definition) is 4. The van der Waals surface area contributed by atoms with Crippen molar-refractivity contribution in [3.8, 4) is 0 Å². The minimum Gasteiger partial charge on any atom is -0.374 e. The summed E-state index contributed by atoms with van der Waals surface area (Å²) in [4.78, 5) is 0.0342. The second-order valence-corrected chi connectivity index (χ2v) is 5.79. The summed E-state index contributed by atoms with van der Waals surface area (Å²) in [5, 5.41) is 0. The van der Waals surface area contributed by atoms with E-state index in [1.807, 2.05) is 6.92 Å². The highest BCUT2D eigenvalue weighted by Gasteiger charge is 2.40. The van der Waals surface area contributed by atoms with Crippen molar-refractivity contribution >= 4 is 10.1 Å². The SMILES string of the molecule is Cc1ccc(S(=O)(=O)OCC2(F)COC2)cc1. The number of hydrogen-bond donors (Lipinski definition) is 0. The summed E-state index contributed by atoms with van der Waals surface area (Å²) in [7, 11) is -3.88. The number of aryl methyl sites for hydroxylation is 1. The summed E-state index contributed by atoms with van der Waals surface area (Å²) in [5.74, 6) is 0. The van der Waals surface area contributed by atoms with Crippen molar-refractivity contribution in [2.24, 2.45) is 0 Å². The maximum Gasteiger partial charge on any atom is 0.297 e. The second kappa shape index (κ2) is 4.36. The van der Waals surface area contributed by atoms with Crippen molar-refractivity contribution in [2.75, 3.05) is 19.8 Å². The third kappa shape index (κ3) is 2.83. The van der Waals surface area contributed by atoms with Gasteiger partial charge in [-0.05, 0) is 19.1 Å². The molecule has 0 atom stereocenters. The van der Waals surface area contributed by atoms with Crippen LogP contribution in [0.1, 0.15) is 5.56 Å². The average molecular weight is 260 g/mol.